The van der Waals surface area contributed by atoms with Crippen LogP contribution in [-0.2, 0) is 0 Å². The quantitative estimate of drug-likeness (QED) is 0.573. The van der Waals surface area contributed by atoms with Crippen molar-refractivity contribution in [2.45, 2.75) is 25.7 Å². The fourth-order valence-corrected chi connectivity index (χ4v) is 1.27. The monoisotopic (exact) mass is 113 g/mol. The molecule has 1 saturated carbocycles. The van der Waals surface area contributed by atoms with Crippen LogP contribution in [0.2, 0.25) is 0 Å². The van der Waals surface area contributed by atoms with Crippen molar-refractivity contribution < 1.29 is 5.11 Å². The van der Waals surface area contributed by atoms with Crippen LogP contribution in [0, 0.1) is 12.3 Å². The molecular weight excluding hydrogens is 100 g/mol. The lowest BCUT2D eigenvalue weighted by Gasteiger charge is -2.02. The fourth-order valence-electron chi connectivity index (χ4n) is 1.27. The second-order valence-electron chi connectivity index (χ2n) is 2.48. The van der Waals surface area contributed by atoms with Crippen LogP contribution in [0.25, 0.3) is 0 Å². The Bertz CT molecular complexity index is 55.4. The molecule has 0 heterocycles. The summed E-state index contributed by atoms with van der Waals surface area (Å²) in [4.78, 5) is 0. The maximum Gasteiger partial charge on any atom is 0.0433 e. The average Bonchev–Trinajstić information content (AvgIpc) is 2.19. The molecule has 0 saturated heterocycles. The SMILES string of the molecule is OCCC1C[CH]CC1. The molecular formula is C7H13O. The normalized spacial score (nSPS) is 22.1. The molecule has 1 unspecified atom stereocenters. The standard InChI is InChI=1S/C7H13O/c8-6-5-7-3-1-2-4-7/h1,7-8H,2-6H2. The molecule has 0 aromatic carbocycles. The molecule has 0 aliphatic heterocycles. The summed E-state index contributed by atoms with van der Waals surface area (Å²) in [5, 5.41) is 8.51. The first-order valence-electron chi connectivity index (χ1n) is 3.36. The summed E-state index contributed by atoms with van der Waals surface area (Å²) in [6.45, 7) is 0.374. The van der Waals surface area contributed by atoms with Gasteiger partial charge in [0.1, 0.15) is 0 Å². The molecule has 1 nitrogen and oxygen atoms in total. The molecule has 1 aliphatic rings. The molecule has 47 valence electrons. The summed E-state index contributed by atoms with van der Waals surface area (Å²) >= 11 is 0. The zero-order valence-electron chi connectivity index (χ0n) is 5.14. The number of hydrogen-bond donors (Lipinski definition) is 1. The molecule has 8 heavy (non-hydrogen) atoms. The van der Waals surface area contributed by atoms with Crippen molar-refractivity contribution in [2.24, 2.45) is 5.92 Å². The van der Waals surface area contributed by atoms with E-state index in [-0.39, 0.29) is 0 Å². The van der Waals surface area contributed by atoms with Crippen molar-refractivity contribution in [3.63, 3.8) is 0 Å². The molecule has 1 radical (unpaired) electrons. The molecule has 0 spiro atoms. The van der Waals surface area contributed by atoms with E-state index in [1.54, 1.807) is 0 Å². The molecule has 1 rings (SSSR count). The van der Waals surface area contributed by atoms with Crippen LogP contribution < -0.4 is 0 Å². The molecule has 0 aromatic rings. The number of aliphatic hydroxyl groups excluding tert-OH is 1. The minimum Gasteiger partial charge on any atom is -0.396 e. The zero-order valence-corrected chi connectivity index (χ0v) is 5.14. The predicted molar refractivity (Wildman–Crippen MR) is 33.3 cm³/mol. The van der Waals surface area contributed by atoms with Gasteiger partial charge in [-0.3, -0.25) is 0 Å². The summed E-state index contributed by atoms with van der Waals surface area (Å²) in [5.41, 5.74) is 0. The minimum absolute atomic E-state index is 0.374. The van der Waals surface area contributed by atoms with Gasteiger partial charge in [0.25, 0.3) is 0 Å². The highest BCUT2D eigenvalue weighted by molar-refractivity contribution is 4.79. The molecule has 1 aliphatic carbocycles. The largest absolute Gasteiger partial charge is 0.396 e. The second kappa shape index (κ2) is 3.08. The lowest BCUT2D eigenvalue weighted by atomic mass is 10.1. The Morgan fingerprint density at radius 1 is 1.62 bits per heavy atom. The molecule has 1 N–H and O–H groups in total. The van der Waals surface area contributed by atoms with Gasteiger partial charge in [0.15, 0.2) is 0 Å². The summed E-state index contributed by atoms with van der Waals surface area (Å²) in [5.74, 6) is 0.806. The van der Waals surface area contributed by atoms with Crippen LogP contribution in [0.15, 0.2) is 0 Å². The molecule has 1 fully saturated rings. The Morgan fingerprint density at radius 2 is 2.50 bits per heavy atom. The number of aliphatic hydroxyl groups is 1. The predicted octanol–water partition coefficient (Wildman–Crippen LogP) is 1.37. The van der Waals surface area contributed by atoms with Gasteiger partial charge in [-0.15, -0.1) is 0 Å². The summed E-state index contributed by atoms with van der Waals surface area (Å²) < 4.78 is 0. The average molecular weight is 113 g/mol. The Balaban J connectivity index is 2.06. The molecule has 1 heteroatoms. The van der Waals surface area contributed by atoms with Crippen LogP contribution in [0.1, 0.15) is 25.7 Å². The zero-order chi connectivity index (χ0) is 5.82. The highest BCUT2D eigenvalue weighted by Crippen LogP contribution is 2.25. The Kier molecular flexibility index (Phi) is 2.34. The lowest BCUT2D eigenvalue weighted by Crippen LogP contribution is -1.95. The molecule has 0 amide bonds. The third-order valence-electron chi connectivity index (χ3n) is 1.82. The summed E-state index contributed by atoms with van der Waals surface area (Å²) in [6.07, 6.45) is 7.14. The first-order chi connectivity index (χ1) is 3.93. The van der Waals surface area contributed by atoms with Crippen LogP contribution >= 0.6 is 0 Å². The van der Waals surface area contributed by atoms with Crippen molar-refractivity contribution >= 4 is 0 Å². The van der Waals surface area contributed by atoms with Crippen LogP contribution in [0.4, 0.5) is 0 Å². The topological polar surface area (TPSA) is 20.2 Å². The first kappa shape index (κ1) is 6.09. The van der Waals surface area contributed by atoms with Crippen molar-refractivity contribution in [3.8, 4) is 0 Å². The maximum absolute atomic E-state index is 8.51. The van der Waals surface area contributed by atoms with E-state index >= 15 is 0 Å². The van der Waals surface area contributed by atoms with Gasteiger partial charge in [-0.1, -0.05) is 6.42 Å². The van der Waals surface area contributed by atoms with E-state index < -0.39 is 0 Å². The van der Waals surface area contributed by atoms with Crippen LogP contribution in [0.5, 0.6) is 0 Å². The highest BCUT2D eigenvalue weighted by atomic mass is 16.3. The second-order valence-corrected chi connectivity index (χ2v) is 2.48. The van der Waals surface area contributed by atoms with E-state index in [0.29, 0.717) is 6.61 Å². The van der Waals surface area contributed by atoms with E-state index in [1.807, 2.05) is 0 Å². The van der Waals surface area contributed by atoms with Gasteiger partial charge >= 0.3 is 0 Å². The first-order valence-corrected chi connectivity index (χ1v) is 3.36. The van der Waals surface area contributed by atoms with Gasteiger partial charge in [-0.25, -0.2) is 0 Å². The van der Waals surface area contributed by atoms with Crippen molar-refractivity contribution in [3.05, 3.63) is 6.42 Å². The van der Waals surface area contributed by atoms with E-state index in [9.17, 15) is 0 Å². The Morgan fingerprint density at radius 3 is 3.00 bits per heavy atom. The van der Waals surface area contributed by atoms with Crippen LogP contribution in [-0.4, -0.2) is 11.7 Å². The van der Waals surface area contributed by atoms with Crippen LogP contribution in [0.3, 0.4) is 0 Å². The molecule has 0 bridgehead atoms. The summed E-state index contributed by atoms with van der Waals surface area (Å²) in [6, 6.07) is 0. The van der Waals surface area contributed by atoms with Gasteiger partial charge in [-0.2, -0.15) is 0 Å². The summed E-state index contributed by atoms with van der Waals surface area (Å²) in [7, 11) is 0. The molecule has 0 aromatic heterocycles. The maximum atomic E-state index is 8.51. The van der Waals surface area contributed by atoms with E-state index in [0.717, 1.165) is 12.3 Å². The minimum atomic E-state index is 0.374. The van der Waals surface area contributed by atoms with Gasteiger partial charge in [0.05, 0.1) is 0 Å². The van der Waals surface area contributed by atoms with Crippen molar-refractivity contribution in [1.82, 2.24) is 0 Å². The van der Waals surface area contributed by atoms with Crippen molar-refractivity contribution in [2.75, 3.05) is 6.61 Å². The van der Waals surface area contributed by atoms with Gasteiger partial charge < -0.3 is 5.11 Å². The third kappa shape index (κ3) is 1.48. The van der Waals surface area contributed by atoms with Gasteiger partial charge in [-0.05, 0) is 31.6 Å². The van der Waals surface area contributed by atoms with Gasteiger partial charge in [0.2, 0.25) is 0 Å². The van der Waals surface area contributed by atoms with E-state index in [2.05, 4.69) is 6.42 Å². The smallest absolute Gasteiger partial charge is 0.0433 e. The van der Waals surface area contributed by atoms with Gasteiger partial charge in [0, 0.05) is 6.61 Å². The Hall–Kier alpha value is -0.0400. The number of rotatable bonds is 2. The third-order valence-corrected chi connectivity index (χ3v) is 1.82. The fraction of sp³-hybridized carbons (Fsp3) is 0.857. The highest BCUT2D eigenvalue weighted by Gasteiger charge is 2.13. The number of hydrogen-bond acceptors (Lipinski definition) is 1. The Labute approximate surface area is 50.7 Å². The van der Waals surface area contributed by atoms with E-state index in [4.69, 9.17) is 5.11 Å². The lowest BCUT2D eigenvalue weighted by molar-refractivity contribution is 0.259. The van der Waals surface area contributed by atoms with Crippen molar-refractivity contribution in [1.29, 1.82) is 0 Å². The van der Waals surface area contributed by atoms with E-state index in [1.165, 1.54) is 19.3 Å². The molecule has 1 atom stereocenters.